The van der Waals surface area contributed by atoms with Crippen LogP contribution in [0.3, 0.4) is 0 Å². The second kappa shape index (κ2) is 6.72. The lowest BCUT2D eigenvalue weighted by Crippen LogP contribution is -2.34. The van der Waals surface area contributed by atoms with Crippen LogP contribution in [0.5, 0.6) is 0 Å². The topological polar surface area (TPSA) is 52.9 Å². The molecule has 1 rings (SSSR count). The van der Waals surface area contributed by atoms with Crippen molar-refractivity contribution in [2.75, 3.05) is 5.32 Å². The Morgan fingerprint density at radius 3 is 2.47 bits per heavy atom. The van der Waals surface area contributed by atoms with E-state index in [1.54, 1.807) is 0 Å². The van der Waals surface area contributed by atoms with Crippen LogP contribution in [-0.2, 0) is 11.2 Å². The molecule has 4 heteroatoms. The summed E-state index contributed by atoms with van der Waals surface area (Å²) in [6, 6.07) is 7.91. The van der Waals surface area contributed by atoms with Gasteiger partial charge in [-0.2, -0.15) is 5.26 Å². The summed E-state index contributed by atoms with van der Waals surface area (Å²) >= 11 is 3.42. The minimum absolute atomic E-state index is 0.211. The first kappa shape index (κ1) is 15.7. The number of benzene rings is 1. The Hall–Kier alpha value is -1.34. The third-order valence-corrected chi connectivity index (χ3v) is 4.05. The fourth-order valence-electron chi connectivity index (χ4n) is 2.00. The molecule has 0 aliphatic carbocycles. The average Bonchev–Trinajstić information content (AvgIpc) is 2.43. The Balaban J connectivity index is 3.03. The fraction of sp³-hybridized carbons (Fsp3) is 0.467. The highest BCUT2D eigenvalue weighted by atomic mass is 79.9. The minimum Gasteiger partial charge on any atom is -0.324 e. The number of carbonyl (C=O) groups excluding carboxylic acids is 1. The second-order valence-corrected chi connectivity index (χ2v) is 5.43. The number of carbonyl (C=O) groups is 1. The molecule has 0 saturated heterocycles. The van der Waals surface area contributed by atoms with Crippen LogP contribution in [0.2, 0.25) is 0 Å². The molecule has 0 atom stereocenters. The molecule has 0 fully saturated rings. The van der Waals surface area contributed by atoms with E-state index < -0.39 is 5.41 Å². The van der Waals surface area contributed by atoms with E-state index in [0.717, 1.165) is 22.1 Å². The standard InChI is InChI=1S/C15H19BrN2O/c1-4-11-9-12(16)7-8-13(11)18-14(19)15(5-2,6-3)10-17/h7-9H,4-6H2,1-3H3,(H,18,19). The van der Waals surface area contributed by atoms with Gasteiger partial charge in [0.25, 0.3) is 0 Å². The van der Waals surface area contributed by atoms with Gasteiger partial charge >= 0.3 is 0 Å². The van der Waals surface area contributed by atoms with Crippen LogP contribution in [-0.4, -0.2) is 5.91 Å². The van der Waals surface area contributed by atoms with Gasteiger partial charge in [-0.3, -0.25) is 4.79 Å². The van der Waals surface area contributed by atoms with Crippen LogP contribution >= 0.6 is 15.9 Å². The monoisotopic (exact) mass is 322 g/mol. The molecule has 0 aromatic heterocycles. The normalized spacial score (nSPS) is 10.9. The van der Waals surface area contributed by atoms with Gasteiger partial charge in [-0.05, 0) is 43.0 Å². The Bertz CT molecular complexity index is 501. The van der Waals surface area contributed by atoms with Gasteiger partial charge in [-0.15, -0.1) is 0 Å². The van der Waals surface area contributed by atoms with E-state index in [0.29, 0.717) is 12.8 Å². The van der Waals surface area contributed by atoms with Crippen LogP contribution in [0.15, 0.2) is 22.7 Å². The highest BCUT2D eigenvalue weighted by molar-refractivity contribution is 9.10. The number of nitrogens with zero attached hydrogens (tertiary/aromatic N) is 1. The van der Waals surface area contributed by atoms with E-state index >= 15 is 0 Å². The Kier molecular flexibility index (Phi) is 5.56. The van der Waals surface area contributed by atoms with E-state index in [1.807, 2.05) is 39.0 Å². The lowest BCUT2D eigenvalue weighted by atomic mass is 9.83. The number of rotatable bonds is 5. The number of nitrogens with one attached hydrogen (secondary N) is 1. The molecule has 0 bridgehead atoms. The molecule has 0 aliphatic rings. The lowest BCUT2D eigenvalue weighted by Gasteiger charge is -2.23. The number of hydrogen-bond donors (Lipinski definition) is 1. The third-order valence-electron chi connectivity index (χ3n) is 3.55. The lowest BCUT2D eigenvalue weighted by molar-refractivity contribution is -0.123. The molecular formula is C15H19BrN2O. The quantitative estimate of drug-likeness (QED) is 0.879. The Morgan fingerprint density at radius 2 is 2.00 bits per heavy atom. The van der Waals surface area contributed by atoms with E-state index in [1.165, 1.54) is 0 Å². The van der Waals surface area contributed by atoms with Crippen LogP contribution in [0.1, 0.15) is 39.2 Å². The van der Waals surface area contributed by atoms with Crippen molar-refractivity contribution in [3.8, 4) is 6.07 Å². The molecule has 1 N–H and O–H groups in total. The van der Waals surface area contributed by atoms with Gasteiger partial charge in [0.15, 0.2) is 0 Å². The number of aryl methyl sites for hydroxylation is 1. The van der Waals surface area contributed by atoms with Crippen molar-refractivity contribution >= 4 is 27.5 Å². The number of halogens is 1. The summed E-state index contributed by atoms with van der Waals surface area (Å²) < 4.78 is 0.986. The predicted octanol–water partition coefficient (Wildman–Crippen LogP) is 4.28. The maximum Gasteiger partial charge on any atom is 0.244 e. The molecule has 0 radical (unpaired) electrons. The SMILES string of the molecule is CCc1cc(Br)ccc1NC(=O)C(C#N)(CC)CC. The molecular weight excluding hydrogens is 304 g/mol. The molecule has 0 aliphatic heterocycles. The summed E-state index contributed by atoms with van der Waals surface area (Å²) in [5.74, 6) is -0.211. The minimum atomic E-state index is -0.932. The van der Waals surface area contributed by atoms with Crippen molar-refractivity contribution in [2.45, 2.75) is 40.0 Å². The summed E-state index contributed by atoms with van der Waals surface area (Å²) in [6.07, 6.45) is 1.86. The van der Waals surface area contributed by atoms with E-state index in [9.17, 15) is 10.1 Å². The molecule has 0 heterocycles. The molecule has 1 aromatic rings. The summed E-state index contributed by atoms with van der Waals surface area (Å²) in [6.45, 7) is 5.78. The summed E-state index contributed by atoms with van der Waals surface area (Å²) in [4.78, 5) is 12.3. The first-order valence-corrected chi connectivity index (χ1v) is 7.33. The number of amides is 1. The van der Waals surface area contributed by atoms with Gasteiger partial charge in [0, 0.05) is 10.2 Å². The Morgan fingerprint density at radius 1 is 1.37 bits per heavy atom. The highest BCUT2D eigenvalue weighted by Gasteiger charge is 2.35. The van der Waals surface area contributed by atoms with Gasteiger partial charge in [0.05, 0.1) is 6.07 Å². The maximum absolute atomic E-state index is 12.3. The Labute approximate surface area is 123 Å². The first-order chi connectivity index (χ1) is 9.02. The molecule has 0 saturated carbocycles. The summed E-state index contributed by atoms with van der Waals surface area (Å²) in [5.41, 5.74) is 0.914. The second-order valence-electron chi connectivity index (χ2n) is 4.51. The van der Waals surface area contributed by atoms with Gasteiger partial charge in [-0.25, -0.2) is 0 Å². The van der Waals surface area contributed by atoms with Crippen LogP contribution < -0.4 is 5.32 Å². The molecule has 19 heavy (non-hydrogen) atoms. The predicted molar refractivity (Wildman–Crippen MR) is 80.8 cm³/mol. The largest absolute Gasteiger partial charge is 0.324 e. The van der Waals surface area contributed by atoms with Crippen molar-refractivity contribution in [1.82, 2.24) is 0 Å². The van der Waals surface area contributed by atoms with Gasteiger partial charge < -0.3 is 5.32 Å². The van der Waals surface area contributed by atoms with Crippen LogP contribution in [0, 0.1) is 16.7 Å². The van der Waals surface area contributed by atoms with E-state index in [2.05, 4.69) is 27.3 Å². The number of hydrogen-bond acceptors (Lipinski definition) is 2. The van der Waals surface area contributed by atoms with Crippen LogP contribution in [0.4, 0.5) is 5.69 Å². The highest BCUT2D eigenvalue weighted by Crippen LogP contribution is 2.29. The van der Waals surface area contributed by atoms with Gasteiger partial charge in [0.2, 0.25) is 5.91 Å². The number of anilines is 1. The third kappa shape index (κ3) is 3.36. The fourth-order valence-corrected chi connectivity index (χ4v) is 2.41. The van der Waals surface area contributed by atoms with Crippen molar-refractivity contribution in [3.05, 3.63) is 28.2 Å². The molecule has 1 aromatic carbocycles. The van der Waals surface area contributed by atoms with Gasteiger partial charge in [-0.1, -0.05) is 36.7 Å². The molecule has 1 amide bonds. The zero-order valence-corrected chi connectivity index (χ0v) is 13.2. The van der Waals surface area contributed by atoms with Crippen molar-refractivity contribution in [3.63, 3.8) is 0 Å². The van der Waals surface area contributed by atoms with Gasteiger partial charge in [0.1, 0.15) is 5.41 Å². The summed E-state index contributed by atoms with van der Waals surface area (Å²) in [5, 5.41) is 12.2. The zero-order chi connectivity index (χ0) is 14.5. The van der Waals surface area contributed by atoms with Crippen molar-refractivity contribution < 1.29 is 4.79 Å². The maximum atomic E-state index is 12.3. The molecule has 0 unspecified atom stereocenters. The smallest absolute Gasteiger partial charge is 0.244 e. The molecule has 0 spiro atoms. The first-order valence-electron chi connectivity index (χ1n) is 6.54. The van der Waals surface area contributed by atoms with E-state index in [4.69, 9.17) is 0 Å². The van der Waals surface area contributed by atoms with Crippen molar-refractivity contribution in [2.24, 2.45) is 5.41 Å². The zero-order valence-electron chi connectivity index (χ0n) is 11.6. The van der Waals surface area contributed by atoms with Crippen LogP contribution in [0.25, 0.3) is 0 Å². The average molecular weight is 323 g/mol. The van der Waals surface area contributed by atoms with E-state index in [-0.39, 0.29) is 5.91 Å². The number of nitriles is 1. The summed E-state index contributed by atoms with van der Waals surface area (Å²) in [7, 11) is 0. The molecule has 3 nitrogen and oxygen atoms in total. The molecule has 102 valence electrons. The van der Waals surface area contributed by atoms with Crippen molar-refractivity contribution in [1.29, 1.82) is 5.26 Å².